The van der Waals surface area contributed by atoms with Gasteiger partial charge >= 0.3 is 0 Å². The van der Waals surface area contributed by atoms with Crippen LogP contribution in [0.2, 0.25) is 0 Å². The second-order valence-corrected chi connectivity index (χ2v) is 5.01. The van der Waals surface area contributed by atoms with Crippen LogP contribution in [0.3, 0.4) is 0 Å². The van der Waals surface area contributed by atoms with Gasteiger partial charge in [0, 0.05) is 6.61 Å². The van der Waals surface area contributed by atoms with Crippen molar-refractivity contribution in [1.82, 2.24) is 0 Å². The second-order valence-electron chi connectivity index (χ2n) is 5.01. The highest BCUT2D eigenvalue weighted by Gasteiger charge is 2.20. The Bertz CT molecular complexity index is 125. The number of alkyl halides is 1. The third-order valence-electron chi connectivity index (χ3n) is 2.48. The van der Waals surface area contributed by atoms with Crippen molar-refractivity contribution in [2.45, 2.75) is 53.1 Å². The summed E-state index contributed by atoms with van der Waals surface area (Å²) in [6.07, 6.45) is 1.77. The first-order chi connectivity index (χ1) is 5.83. The van der Waals surface area contributed by atoms with Crippen LogP contribution in [-0.2, 0) is 4.74 Å². The second kappa shape index (κ2) is 4.94. The Balaban J connectivity index is 3.68. The van der Waals surface area contributed by atoms with Crippen molar-refractivity contribution < 1.29 is 9.13 Å². The van der Waals surface area contributed by atoms with Gasteiger partial charge in [0.05, 0.1) is 12.3 Å². The Morgan fingerprint density at radius 1 is 1.15 bits per heavy atom. The minimum Gasteiger partial charge on any atom is -0.376 e. The third-order valence-corrected chi connectivity index (χ3v) is 2.48. The first-order valence-corrected chi connectivity index (χ1v) is 5.03. The predicted molar refractivity (Wildman–Crippen MR) is 54.7 cm³/mol. The number of rotatable bonds is 6. The first-order valence-electron chi connectivity index (χ1n) is 5.03. The molecular weight excluding hydrogens is 167 g/mol. The van der Waals surface area contributed by atoms with Crippen molar-refractivity contribution >= 4 is 0 Å². The van der Waals surface area contributed by atoms with Gasteiger partial charge in [-0.25, -0.2) is 0 Å². The van der Waals surface area contributed by atoms with Gasteiger partial charge < -0.3 is 4.74 Å². The largest absolute Gasteiger partial charge is 0.376 e. The fourth-order valence-corrected chi connectivity index (χ4v) is 0.772. The molecule has 0 aromatic carbocycles. The fraction of sp³-hybridized carbons (Fsp3) is 1.00. The zero-order chi connectivity index (χ0) is 10.5. The summed E-state index contributed by atoms with van der Waals surface area (Å²) in [6, 6.07) is 0. The minimum atomic E-state index is -0.275. The summed E-state index contributed by atoms with van der Waals surface area (Å²) in [4.78, 5) is 0. The molecule has 0 aromatic heterocycles. The molecule has 0 heterocycles. The van der Waals surface area contributed by atoms with Crippen LogP contribution in [0.5, 0.6) is 0 Å². The number of hydrogen-bond acceptors (Lipinski definition) is 1. The molecule has 0 atom stereocenters. The van der Waals surface area contributed by atoms with E-state index in [9.17, 15) is 4.39 Å². The monoisotopic (exact) mass is 190 g/mol. The molecule has 0 rings (SSSR count). The van der Waals surface area contributed by atoms with Crippen molar-refractivity contribution in [1.29, 1.82) is 0 Å². The number of halogens is 1. The third kappa shape index (κ3) is 6.03. The molecule has 0 aliphatic rings. The van der Waals surface area contributed by atoms with E-state index in [0.717, 1.165) is 12.8 Å². The van der Waals surface area contributed by atoms with E-state index < -0.39 is 0 Å². The summed E-state index contributed by atoms with van der Waals surface area (Å²) in [5.74, 6) is 0. The van der Waals surface area contributed by atoms with Crippen LogP contribution in [0.15, 0.2) is 0 Å². The van der Waals surface area contributed by atoms with Crippen LogP contribution in [-0.4, -0.2) is 18.9 Å². The molecule has 0 aliphatic carbocycles. The maximum Gasteiger partial charge on any atom is 0.0946 e. The van der Waals surface area contributed by atoms with E-state index >= 15 is 0 Å². The summed E-state index contributed by atoms with van der Waals surface area (Å²) in [5, 5.41) is 0. The van der Waals surface area contributed by atoms with Crippen molar-refractivity contribution in [3.63, 3.8) is 0 Å². The van der Waals surface area contributed by atoms with Crippen LogP contribution >= 0.6 is 0 Å². The van der Waals surface area contributed by atoms with Gasteiger partial charge in [-0.3, -0.25) is 4.39 Å². The zero-order valence-corrected chi connectivity index (χ0v) is 9.61. The first kappa shape index (κ1) is 12.9. The smallest absolute Gasteiger partial charge is 0.0946 e. The summed E-state index contributed by atoms with van der Waals surface area (Å²) >= 11 is 0. The lowest BCUT2D eigenvalue weighted by Gasteiger charge is -2.27. The van der Waals surface area contributed by atoms with Gasteiger partial charge in [-0.2, -0.15) is 0 Å². The van der Waals surface area contributed by atoms with Crippen LogP contribution in [0.25, 0.3) is 0 Å². The van der Waals surface area contributed by atoms with E-state index in [2.05, 4.69) is 20.8 Å². The van der Waals surface area contributed by atoms with E-state index in [4.69, 9.17) is 4.74 Å². The van der Waals surface area contributed by atoms with Gasteiger partial charge in [0.2, 0.25) is 0 Å². The van der Waals surface area contributed by atoms with Gasteiger partial charge in [-0.1, -0.05) is 20.8 Å². The number of hydrogen-bond donors (Lipinski definition) is 0. The molecule has 1 nitrogen and oxygen atoms in total. The molecule has 0 aromatic rings. The van der Waals surface area contributed by atoms with Gasteiger partial charge in [0.15, 0.2) is 0 Å². The molecule has 80 valence electrons. The van der Waals surface area contributed by atoms with Crippen LogP contribution < -0.4 is 0 Å². The molecule has 13 heavy (non-hydrogen) atoms. The lowest BCUT2D eigenvalue weighted by Crippen LogP contribution is -2.26. The average molecular weight is 190 g/mol. The zero-order valence-electron chi connectivity index (χ0n) is 9.61. The summed E-state index contributed by atoms with van der Waals surface area (Å²) < 4.78 is 18.1. The molecule has 0 bridgehead atoms. The molecule has 0 saturated carbocycles. The van der Waals surface area contributed by atoms with E-state index in [1.165, 1.54) is 0 Å². The number of ether oxygens (including phenoxy) is 1. The van der Waals surface area contributed by atoms with Gasteiger partial charge in [0.25, 0.3) is 0 Å². The van der Waals surface area contributed by atoms with Gasteiger partial charge in [0.1, 0.15) is 0 Å². The van der Waals surface area contributed by atoms with Crippen LogP contribution in [0, 0.1) is 5.41 Å². The van der Waals surface area contributed by atoms with E-state index in [1.807, 2.05) is 13.8 Å². The Hall–Kier alpha value is -0.110. The lowest BCUT2D eigenvalue weighted by atomic mass is 9.91. The topological polar surface area (TPSA) is 9.23 Å². The summed E-state index contributed by atoms with van der Waals surface area (Å²) in [6.45, 7) is 10.5. The normalized spacial score (nSPS) is 13.4. The molecule has 0 fully saturated rings. The summed E-state index contributed by atoms with van der Waals surface area (Å²) in [5.41, 5.74) is -0.295. The van der Waals surface area contributed by atoms with E-state index in [-0.39, 0.29) is 17.7 Å². The van der Waals surface area contributed by atoms with Crippen molar-refractivity contribution in [3.05, 3.63) is 0 Å². The molecular formula is C11H23FO. The Labute approximate surface area is 81.7 Å². The molecule has 0 aliphatic heterocycles. The molecule has 0 N–H and O–H groups in total. The van der Waals surface area contributed by atoms with Crippen molar-refractivity contribution in [2.24, 2.45) is 5.41 Å². The maximum absolute atomic E-state index is 12.4. The van der Waals surface area contributed by atoms with Crippen LogP contribution in [0.4, 0.5) is 4.39 Å². The fourth-order valence-electron chi connectivity index (χ4n) is 0.772. The highest BCUT2D eigenvalue weighted by Crippen LogP contribution is 2.22. The highest BCUT2D eigenvalue weighted by molar-refractivity contribution is 4.69. The minimum absolute atomic E-state index is 0.0631. The van der Waals surface area contributed by atoms with Gasteiger partial charge in [-0.15, -0.1) is 0 Å². The van der Waals surface area contributed by atoms with Gasteiger partial charge in [-0.05, 0) is 32.1 Å². The molecule has 2 heteroatoms. The quantitative estimate of drug-likeness (QED) is 0.622. The lowest BCUT2D eigenvalue weighted by molar-refractivity contribution is -0.0328. The SMILES string of the molecule is CCC(C)(C)OCCC(C)(C)CF. The predicted octanol–water partition coefficient (Wildman–Crippen LogP) is 3.58. The van der Waals surface area contributed by atoms with E-state index in [1.54, 1.807) is 0 Å². The Morgan fingerprint density at radius 2 is 1.69 bits per heavy atom. The molecule has 0 radical (unpaired) electrons. The Morgan fingerprint density at radius 3 is 2.08 bits per heavy atom. The molecule has 0 amide bonds. The standard InChI is InChI=1S/C11H23FO/c1-6-11(4,5)13-8-7-10(2,3)9-12/h6-9H2,1-5H3. The van der Waals surface area contributed by atoms with Crippen molar-refractivity contribution in [2.75, 3.05) is 13.3 Å². The Kier molecular flexibility index (Phi) is 4.90. The molecule has 0 saturated heterocycles. The average Bonchev–Trinajstić information content (AvgIpc) is 2.04. The highest BCUT2D eigenvalue weighted by atomic mass is 19.1. The molecule has 0 spiro atoms. The summed E-state index contributed by atoms with van der Waals surface area (Å²) in [7, 11) is 0. The maximum atomic E-state index is 12.4. The molecule has 0 unspecified atom stereocenters. The van der Waals surface area contributed by atoms with Crippen LogP contribution in [0.1, 0.15) is 47.5 Å². The van der Waals surface area contributed by atoms with Crippen molar-refractivity contribution in [3.8, 4) is 0 Å². The van der Waals surface area contributed by atoms with E-state index in [0.29, 0.717) is 6.61 Å².